The van der Waals surface area contributed by atoms with Crippen molar-refractivity contribution >= 4 is 5.91 Å². The second-order valence-corrected chi connectivity index (χ2v) is 6.76. The lowest BCUT2D eigenvalue weighted by molar-refractivity contribution is -0.126. The Morgan fingerprint density at radius 3 is 2.79 bits per heavy atom. The van der Waals surface area contributed by atoms with Gasteiger partial charge in [-0.15, -0.1) is 0 Å². The smallest absolute Gasteiger partial charge is 0.224 e. The minimum absolute atomic E-state index is 0.0157. The molecule has 1 aromatic rings. The minimum atomic E-state index is -0.0157. The van der Waals surface area contributed by atoms with Crippen molar-refractivity contribution < 1.29 is 9.53 Å². The van der Waals surface area contributed by atoms with Crippen LogP contribution in [0.5, 0.6) is 5.75 Å². The van der Waals surface area contributed by atoms with Crippen molar-refractivity contribution in [2.75, 3.05) is 13.7 Å². The highest BCUT2D eigenvalue weighted by Gasteiger charge is 2.23. The van der Waals surface area contributed by atoms with Gasteiger partial charge in [0.15, 0.2) is 0 Å². The largest absolute Gasteiger partial charge is 0.497 e. The monoisotopic (exact) mass is 332 g/mol. The predicted molar refractivity (Wildman–Crippen MR) is 98.1 cm³/mol. The maximum Gasteiger partial charge on any atom is 0.224 e. The molecule has 4 nitrogen and oxygen atoms in total. The van der Waals surface area contributed by atoms with Crippen LogP contribution in [0.3, 0.4) is 0 Å². The number of benzene rings is 1. The fourth-order valence-corrected chi connectivity index (χ4v) is 3.32. The van der Waals surface area contributed by atoms with Crippen molar-refractivity contribution in [1.82, 2.24) is 10.6 Å². The van der Waals surface area contributed by atoms with Gasteiger partial charge in [-0.25, -0.2) is 0 Å². The second-order valence-electron chi connectivity index (χ2n) is 6.76. The lowest BCUT2D eigenvalue weighted by Gasteiger charge is -2.26. The van der Waals surface area contributed by atoms with Crippen LogP contribution >= 0.6 is 0 Å². The molecular formula is C20H32N2O2. The Morgan fingerprint density at radius 1 is 1.29 bits per heavy atom. The Labute approximate surface area is 146 Å². The maximum atomic E-state index is 12.6. The van der Waals surface area contributed by atoms with Crippen LogP contribution in [-0.2, 0) is 11.2 Å². The number of methoxy groups -OCH3 is 1. The van der Waals surface area contributed by atoms with E-state index >= 15 is 0 Å². The molecule has 0 unspecified atom stereocenters. The Bertz CT molecular complexity index is 498. The summed E-state index contributed by atoms with van der Waals surface area (Å²) in [6, 6.07) is 8.08. The molecule has 4 heteroatoms. The van der Waals surface area contributed by atoms with Crippen molar-refractivity contribution in [3.63, 3.8) is 0 Å². The third kappa shape index (κ3) is 6.16. The molecule has 0 saturated heterocycles. The summed E-state index contributed by atoms with van der Waals surface area (Å²) in [6.45, 7) is 3.11. The van der Waals surface area contributed by atoms with Gasteiger partial charge in [-0.3, -0.25) is 10.1 Å². The van der Waals surface area contributed by atoms with Crippen LogP contribution < -0.4 is 15.4 Å². The molecule has 1 amide bonds. The molecule has 0 aliphatic heterocycles. The molecule has 1 atom stereocenters. The van der Waals surface area contributed by atoms with Gasteiger partial charge in [-0.2, -0.15) is 0 Å². The van der Waals surface area contributed by atoms with Crippen LogP contribution in [0.15, 0.2) is 24.3 Å². The fourth-order valence-electron chi connectivity index (χ4n) is 3.32. The van der Waals surface area contributed by atoms with E-state index in [1.165, 1.54) is 24.8 Å². The number of hydrogen-bond donors (Lipinski definition) is 2. The number of hydrogen-bond acceptors (Lipinski definition) is 3. The number of carbonyl (C=O) groups excluding carboxylic acids is 1. The number of ether oxygens (including phenoxy) is 1. The molecule has 0 aromatic heterocycles. The van der Waals surface area contributed by atoms with Crippen molar-refractivity contribution in [1.29, 1.82) is 0 Å². The van der Waals surface area contributed by atoms with Crippen molar-refractivity contribution in [3.8, 4) is 5.75 Å². The Balaban J connectivity index is 1.95. The minimum Gasteiger partial charge on any atom is -0.497 e. The summed E-state index contributed by atoms with van der Waals surface area (Å²) in [4.78, 5) is 12.6. The van der Waals surface area contributed by atoms with E-state index in [2.05, 4.69) is 23.6 Å². The summed E-state index contributed by atoms with van der Waals surface area (Å²) < 4.78 is 5.30. The average Bonchev–Trinajstić information content (AvgIpc) is 2.62. The lowest BCUT2D eigenvalue weighted by atomic mass is 9.88. The zero-order valence-corrected chi connectivity index (χ0v) is 15.1. The molecule has 1 saturated carbocycles. The lowest BCUT2D eigenvalue weighted by Crippen LogP contribution is -2.49. The summed E-state index contributed by atoms with van der Waals surface area (Å²) in [5.41, 5.74) is 1.17. The molecular weight excluding hydrogens is 300 g/mol. The van der Waals surface area contributed by atoms with Crippen molar-refractivity contribution in [2.24, 2.45) is 5.92 Å². The third-order valence-corrected chi connectivity index (χ3v) is 4.79. The zero-order valence-electron chi connectivity index (χ0n) is 15.1. The van der Waals surface area contributed by atoms with Gasteiger partial charge >= 0.3 is 0 Å². The molecule has 0 radical (unpaired) electrons. The number of carbonyl (C=O) groups is 1. The molecule has 24 heavy (non-hydrogen) atoms. The molecule has 0 spiro atoms. The van der Waals surface area contributed by atoms with E-state index in [1.54, 1.807) is 7.11 Å². The summed E-state index contributed by atoms with van der Waals surface area (Å²) in [5.74, 6) is 1.27. The van der Waals surface area contributed by atoms with E-state index in [4.69, 9.17) is 4.74 Å². The molecule has 1 fully saturated rings. The van der Waals surface area contributed by atoms with Gasteiger partial charge in [-0.05, 0) is 43.5 Å². The second kappa shape index (κ2) is 10.3. The molecule has 2 rings (SSSR count). The van der Waals surface area contributed by atoms with Gasteiger partial charge in [-0.1, -0.05) is 44.7 Å². The molecule has 1 aromatic carbocycles. The SMILES string of the molecule is CCCCN[C@@H](Cc1cccc(OC)c1)NC(=O)C1CCCCC1. The maximum absolute atomic E-state index is 12.6. The van der Waals surface area contributed by atoms with Crippen LogP contribution in [0.2, 0.25) is 0 Å². The Kier molecular flexibility index (Phi) is 8.10. The first-order valence-corrected chi connectivity index (χ1v) is 9.39. The topological polar surface area (TPSA) is 50.4 Å². The van der Waals surface area contributed by atoms with E-state index < -0.39 is 0 Å². The highest BCUT2D eigenvalue weighted by molar-refractivity contribution is 5.79. The summed E-state index contributed by atoms with van der Waals surface area (Å²) >= 11 is 0. The standard InChI is InChI=1S/C20H32N2O2/c1-3-4-13-21-19(15-16-9-8-12-18(14-16)24-2)22-20(23)17-10-6-5-7-11-17/h8-9,12,14,17,19,21H,3-7,10-11,13,15H2,1-2H3,(H,22,23)/t19-/m1/s1. The molecule has 1 aliphatic rings. The van der Waals surface area contributed by atoms with Gasteiger partial charge in [0.2, 0.25) is 5.91 Å². The Hall–Kier alpha value is -1.55. The number of amides is 1. The van der Waals surface area contributed by atoms with Gasteiger partial charge in [0.25, 0.3) is 0 Å². The molecule has 134 valence electrons. The van der Waals surface area contributed by atoms with E-state index in [0.29, 0.717) is 0 Å². The van der Waals surface area contributed by atoms with Gasteiger partial charge < -0.3 is 10.1 Å². The van der Waals surface area contributed by atoms with Gasteiger partial charge in [0.05, 0.1) is 13.3 Å². The average molecular weight is 332 g/mol. The summed E-state index contributed by atoms with van der Waals surface area (Å²) in [5, 5.41) is 6.74. The van der Waals surface area contributed by atoms with E-state index in [1.807, 2.05) is 18.2 Å². The zero-order chi connectivity index (χ0) is 17.2. The van der Waals surface area contributed by atoms with Crippen LogP contribution in [0.4, 0.5) is 0 Å². The van der Waals surface area contributed by atoms with Crippen molar-refractivity contribution in [2.45, 2.75) is 64.5 Å². The van der Waals surface area contributed by atoms with Gasteiger partial charge in [0, 0.05) is 12.3 Å². The summed E-state index contributed by atoms with van der Waals surface area (Å²) in [7, 11) is 1.68. The van der Waals surface area contributed by atoms with Gasteiger partial charge in [0.1, 0.15) is 5.75 Å². The number of rotatable bonds is 9. The highest BCUT2D eigenvalue weighted by atomic mass is 16.5. The fraction of sp³-hybridized carbons (Fsp3) is 0.650. The van der Waals surface area contributed by atoms with Crippen LogP contribution in [0.25, 0.3) is 0 Å². The highest BCUT2D eigenvalue weighted by Crippen LogP contribution is 2.23. The van der Waals surface area contributed by atoms with Crippen LogP contribution in [0.1, 0.15) is 57.4 Å². The van der Waals surface area contributed by atoms with E-state index in [-0.39, 0.29) is 18.0 Å². The van der Waals surface area contributed by atoms with Crippen molar-refractivity contribution in [3.05, 3.63) is 29.8 Å². The van der Waals surface area contributed by atoms with E-state index in [9.17, 15) is 4.79 Å². The summed E-state index contributed by atoms with van der Waals surface area (Å²) in [6.07, 6.45) is 8.73. The first-order chi connectivity index (χ1) is 11.7. The number of nitrogens with one attached hydrogen (secondary N) is 2. The van der Waals surface area contributed by atoms with Crippen LogP contribution in [0, 0.1) is 5.92 Å². The number of unbranched alkanes of at least 4 members (excludes halogenated alkanes) is 1. The molecule has 2 N–H and O–H groups in total. The quantitative estimate of drug-likeness (QED) is 0.536. The molecule has 0 heterocycles. The predicted octanol–water partition coefficient (Wildman–Crippen LogP) is 3.65. The molecule has 1 aliphatic carbocycles. The molecule has 0 bridgehead atoms. The Morgan fingerprint density at radius 2 is 2.08 bits per heavy atom. The van der Waals surface area contributed by atoms with Crippen LogP contribution in [-0.4, -0.2) is 25.7 Å². The van der Waals surface area contributed by atoms with E-state index in [0.717, 1.165) is 44.4 Å². The normalized spacial score (nSPS) is 16.6. The first-order valence-electron chi connectivity index (χ1n) is 9.39. The first kappa shape index (κ1) is 18.8. The third-order valence-electron chi connectivity index (χ3n) is 4.79.